The smallest absolute Gasteiger partial charge is 0.150 e. The van der Waals surface area contributed by atoms with Gasteiger partial charge in [0.25, 0.3) is 0 Å². The van der Waals surface area contributed by atoms with Crippen LogP contribution in [0.5, 0.6) is 0 Å². The lowest BCUT2D eigenvalue weighted by Gasteiger charge is -2.20. The van der Waals surface area contributed by atoms with E-state index in [0.29, 0.717) is 6.42 Å². The van der Waals surface area contributed by atoms with Crippen LogP contribution >= 0.6 is 0 Å². The van der Waals surface area contributed by atoms with Gasteiger partial charge in [0, 0.05) is 18.6 Å². The fourth-order valence-electron chi connectivity index (χ4n) is 2.18. The van der Waals surface area contributed by atoms with Gasteiger partial charge in [-0.25, -0.2) is 8.42 Å². The second-order valence-electron chi connectivity index (χ2n) is 4.06. The fraction of sp³-hybridized carbons (Fsp3) is 0.600. The zero-order valence-corrected chi connectivity index (χ0v) is 9.94. The zero-order chi connectivity index (χ0) is 11.6. The number of rotatable bonds is 3. The molecule has 0 amide bonds. The van der Waals surface area contributed by atoms with Crippen LogP contribution < -0.4 is 5.32 Å². The molecule has 16 heavy (non-hydrogen) atoms. The summed E-state index contributed by atoms with van der Waals surface area (Å²) in [7, 11) is -1.02. The van der Waals surface area contributed by atoms with Gasteiger partial charge >= 0.3 is 0 Å². The number of nitrogens with one attached hydrogen (secondary N) is 1. The Labute approximate surface area is 95.2 Å². The van der Waals surface area contributed by atoms with Crippen LogP contribution in [-0.2, 0) is 9.84 Å². The maximum atomic E-state index is 11.4. The first-order valence-electron chi connectivity index (χ1n) is 5.26. The average Bonchev–Trinajstić information content (AvgIpc) is 2.62. The molecule has 0 aromatic carbocycles. The molecule has 2 rings (SSSR count). The Morgan fingerprint density at radius 1 is 1.50 bits per heavy atom. The van der Waals surface area contributed by atoms with Crippen molar-refractivity contribution in [3.05, 3.63) is 24.3 Å². The molecule has 0 bridgehead atoms. The fourth-order valence-corrected chi connectivity index (χ4v) is 4.02. The van der Waals surface area contributed by atoms with Crippen molar-refractivity contribution >= 4 is 9.84 Å². The van der Waals surface area contributed by atoms with E-state index < -0.39 is 9.84 Å². The molecular formula is C10H15N3O2S. The molecule has 1 N–H and O–H groups in total. The molecule has 2 heterocycles. The lowest BCUT2D eigenvalue weighted by Crippen LogP contribution is -2.27. The molecule has 2 unspecified atom stereocenters. The largest absolute Gasteiger partial charge is 0.311 e. The van der Waals surface area contributed by atoms with E-state index in [1.807, 2.05) is 7.05 Å². The summed E-state index contributed by atoms with van der Waals surface area (Å²) in [6, 6.07) is -0.0222. The number of hydrogen-bond donors (Lipinski definition) is 1. The predicted molar refractivity (Wildman–Crippen MR) is 60.6 cm³/mol. The van der Waals surface area contributed by atoms with Crippen LogP contribution in [0, 0.1) is 5.92 Å². The Morgan fingerprint density at radius 3 is 2.81 bits per heavy atom. The van der Waals surface area contributed by atoms with Gasteiger partial charge in [0.1, 0.15) is 0 Å². The van der Waals surface area contributed by atoms with Crippen molar-refractivity contribution in [1.82, 2.24) is 15.3 Å². The predicted octanol–water partition coefficient (Wildman–Crippen LogP) is 0.172. The Bertz CT molecular complexity index is 446. The first-order valence-corrected chi connectivity index (χ1v) is 7.08. The average molecular weight is 241 g/mol. The second-order valence-corrected chi connectivity index (χ2v) is 6.29. The van der Waals surface area contributed by atoms with Gasteiger partial charge in [-0.2, -0.15) is 0 Å². The highest BCUT2D eigenvalue weighted by molar-refractivity contribution is 7.91. The summed E-state index contributed by atoms with van der Waals surface area (Å²) < 4.78 is 22.9. The van der Waals surface area contributed by atoms with E-state index in [0.717, 1.165) is 5.69 Å². The lowest BCUT2D eigenvalue weighted by molar-refractivity contribution is 0.409. The van der Waals surface area contributed by atoms with Crippen molar-refractivity contribution in [2.75, 3.05) is 18.6 Å². The minimum atomic E-state index is -2.85. The van der Waals surface area contributed by atoms with Crippen LogP contribution in [0.3, 0.4) is 0 Å². The minimum Gasteiger partial charge on any atom is -0.311 e. The van der Waals surface area contributed by atoms with E-state index in [2.05, 4.69) is 15.3 Å². The highest BCUT2D eigenvalue weighted by atomic mass is 32.2. The van der Waals surface area contributed by atoms with Crippen LogP contribution in [0.4, 0.5) is 0 Å². The van der Waals surface area contributed by atoms with Crippen LogP contribution in [0.2, 0.25) is 0 Å². The Kier molecular flexibility index (Phi) is 3.20. The zero-order valence-electron chi connectivity index (χ0n) is 9.13. The maximum absolute atomic E-state index is 11.4. The van der Waals surface area contributed by atoms with Crippen molar-refractivity contribution < 1.29 is 8.42 Å². The van der Waals surface area contributed by atoms with Crippen molar-refractivity contribution in [2.45, 2.75) is 12.5 Å². The summed E-state index contributed by atoms with van der Waals surface area (Å²) in [4.78, 5) is 8.23. The Balaban J connectivity index is 2.19. The second kappa shape index (κ2) is 4.47. The third-order valence-electron chi connectivity index (χ3n) is 2.95. The van der Waals surface area contributed by atoms with Gasteiger partial charge in [-0.15, -0.1) is 0 Å². The van der Waals surface area contributed by atoms with E-state index in [1.54, 1.807) is 18.6 Å². The number of aromatic nitrogens is 2. The van der Waals surface area contributed by atoms with Gasteiger partial charge in [0.2, 0.25) is 0 Å². The molecule has 6 heteroatoms. The third-order valence-corrected chi connectivity index (χ3v) is 4.75. The van der Waals surface area contributed by atoms with E-state index >= 15 is 0 Å². The topological polar surface area (TPSA) is 72.0 Å². The normalized spacial score (nSPS) is 25.4. The molecule has 1 fully saturated rings. The first-order chi connectivity index (χ1) is 7.62. The number of sulfone groups is 1. The molecule has 1 aliphatic heterocycles. The molecule has 1 aromatic rings. The van der Waals surface area contributed by atoms with E-state index in [-0.39, 0.29) is 23.5 Å². The molecule has 88 valence electrons. The molecular weight excluding hydrogens is 226 g/mol. The summed E-state index contributed by atoms with van der Waals surface area (Å²) in [5.74, 6) is 0.636. The Hall–Kier alpha value is -1.01. The maximum Gasteiger partial charge on any atom is 0.150 e. The van der Waals surface area contributed by atoms with E-state index in [4.69, 9.17) is 0 Å². The molecule has 1 aromatic heterocycles. The molecule has 0 saturated carbocycles. The SMILES string of the molecule is CNC(c1cnccn1)C1CCS(=O)(=O)C1. The summed E-state index contributed by atoms with van der Waals surface area (Å²) in [6.45, 7) is 0. The van der Waals surface area contributed by atoms with Crippen molar-refractivity contribution in [3.8, 4) is 0 Å². The molecule has 0 aliphatic carbocycles. The van der Waals surface area contributed by atoms with Crippen LogP contribution in [-0.4, -0.2) is 36.9 Å². The van der Waals surface area contributed by atoms with E-state index in [1.165, 1.54) is 0 Å². The minimum absolute atomic E-state index is 0.0222. The summed E-state index contributed by atoms with van der Waals surface area (Å²) in [5, 5.41) is 3.13. The quantitative estimate of drug-likeness (QED) is 0.817. The molecule has 1 saturated heterocycles. The highest BCUT2D eigenvalue weighted by Gasteiger charge is 2.34. The van der Waals surface area contributed by atoms with Gasteiger partial charge in [0.05, 0.1) is 23.2 Å². The molecule has 0 spiro atoms. The number of hydrogen-bond acceptors (Lipinski definition) is 5. The van der Waals surface area contributed by atoms with Gasteiger partial charge in [0.15, 0.2) is 9.84 Å². The van der Waals surface area contributed by atoms with Crippen molar-refractivity contribution in [3.63, 3.8) is 0 Å². The standard InChI is InChI=1S/C10H15N3O2S/c1-11-10(9-6-12-3-4-13-9)8-2-5-16(14,15)7-8/h3-4,6,8,10-11H,2,5,7H2,1H3. The highest BCUT2D eigenvalue weighted by Crippen LogP contribution is 2.29. The van der Waals surface area contributed by atoms with Gasteiger partial charge in [-0.05, 0) is 19.4 Å². The third kappa shape index (κ3) is 2.38. The van der Waals surface area contributed by atoms with Gasteiger partial charge < -0.3 is 5.32 Å². The molecule has 2 atom stereocenters. The Morgan fingerprint density at radius 2 is 2.31 bits per heavy atom. The first kappa shape index (κ1) is 11.5. The summed E-state index contributed by atoms with van der Waals surface area (Å²) in [5.41, 5.74) is 0.812. The van der Waals surface area contributed by atoms with Crippen molar-refractivity contribution in [1.29, 1.82) is 0 Å². The van der Waals surface area contributed by atoms with Crippen LogP contribution in [0.15, 0.2) is 18.6 Å². The summed E-state index contributed by atoms with van der Waals surface area (Å²) >= 11 is 0. The number of nitrogens with zero attached hydrogens (tertiary/aromatic N) is 2. The summed E-state index contributed by atoms with van der Waals surface area (Å²) in [6.07, 6.45) is 5.63. The van der Waals surface area contributed by atoms with Crippen molar-refractivity contribution in [2.24, 2.45) is 5.92 Å². The van der Waals surface area contributed by atoms with Gasteiger partial charge in [-0.3, -0.25) is 9.97 Å². The lowest BCUT2D eigenvalue weighted by atomic mass is 9.97. The molecule has 0 radical (unpaired) electrons. The molecule has 1 aliphatic rings. The van der Waals surface area contributed by atoms with E-state index in [9.17, 15) is 8.42 Å². The van der Waals surface area contributed by atoms with Crippen LogP contribution in [0.1, 0.15) is 18.2 Å². The van der Waals surface area contributed by atoms with Gasteiger partial charge in [-0.1, -0.05) is 0 Å². The monoisotopic (exact) mass is 241 g/mol. The van der Waals surface area contributed by atoms with Crippen LogP contribution in [0.25, 0.3) is 0 Å². The molecule has 5 nitrogen and oxygen atoms in total.